The van der Waals surface area contributed by atoms with Crippen LogP contribution in [0.3, 0.4) is 0 Å². The Hall–Kier alpha value is -2.95. The normalized spacial score (nSPS) is 24.7. The highest BCUT2D eigenvalue weighted by Gasteiger charge is 2.44. The number of benzene rings is 1. The van der Waals surface area contributed by atoms with E-state index in [0.29, 0.717) is 18.8 Å². The minimum absolute atomic E-state index is 0.0141. The van der Waals surface area contributed by atoms with E-state index >= 15 is 0 Å². The van der Waals surface area contributed by atoms with Crippen molar-refractivity contribution in [3.63, 3.8) is 0 Å². The first-order valence-electron chi connectivity index (χ1n) is 13.1. The highest BCUT2D eigenvalue weighted by atomic mass is 16.6. The van der Waals surface area contributed by atoms with Crippen LogP contribution in [0.2, 0.25) is 0 Å². The van der Waals surface area contributed by atoms with E-state index in [-0.39, 0.29) is 29.5 Å². The first-order valence-corrected chi connectivity index (χ1v) is 13.1. The second-order valence-electron chi connectivity index (χ2n) is 10.2. The maximum absolute atomic E-state index is 12.5. The molecule has 1 aliphatic carbocycles. The summed E-state index contributed by atoms with van der Waals surface area (Å²) in [5.41, 5.74) is 1.93. The van der Waals surface area contributed by atoms with Gasteiger partial charge in [0, 0.05) is 37.8 Å². The van der Waals surface area contributed by atoms with Gasteiger partial charge in [0.25, 0.3) is 0 Å². The number of para-hydroxylation sites is 2. The lowest BCUT2D eigenvalue weighted by molar-refractivity contribution is -0.242. The molecule has 2 atom stereocenters. The van der Waals surface area contributed by atoms with Gasteiger partial charge in [0.05, 0.1) is 35.4 Å². The van der Waals surface area contributed by atoms with E-state index in [4.69, 9.17) is 19.7 Å². The van der Waals surface area contributed by atoms with Crippen molar-refractivity contribution < 1.29 is 29.3 Å². The van der Waals surface area contributed by atoms with Crippen molar-refractivity contribution >= 4 is 23.0 Å². The maximum Gasteiger partial charge on any atom is 0.328 e. The van der Waals surface area contributed by atoms with E-state index in [9.17, 15) is 14.4 Å². The van der Waals surface area contributed by atoms with Crippen LogP contribution in [0.5, 0.6) is 0 Å². The molecule has 37 heavy (non-hydrogen) atoms. The van der Waals surface area contributed by atoms with Crippen LogP contribution in [0, 0.1) is 0 Å². The van der Waals surface area contributed by atoms with Gasteiger partial charge in [-0.15, -0.1) is 0 Å². The van der Waals surface area contributed by atoms with Crippen molar-refractivity contribution in [2.45, 2.75) is 75.7 Å². The molecule has 2 aliphatic heterocycles. The predicted octanol–water partition coefficient (Wildman–Crippen LogP) is 3.19. The van der Waals surface area contributed by atoms with Gasteiger partial charge >= 0.3 is 17.6 Å². The zero-order valence-corrected chi connectivity index (χ0v) is 21.3. The number of carboxylic acid groups (broad SMARTS) is 2. The van der Waals surface area contributed by atoms with E-state index < -0.39 is 11.9 Å². The van der Waals surface area contributed by atoms with Gasteiger partial charge in [-0.05, 0) is 44.7 Å². The maximum atomic E-state index is 12.5. The number of rotatable bonds is 5. The second-order valence-corrected chi connectivity index (χ2v) is 10.2. The fraction of sp³-hybridized carbons (Fsp3) is 0.593. The van der Waals surface area contributed by atoms with Gasteiger partial charge in [0.2, 0.25) is 0 Å². The fourth-order valence-corrected chi connectivity index (χ4v) is 5.85. The number of hydrogen-bond donors (Lipinski definition) is 3. The van der Waals surface area contributed by atoms with Crippen LogP contribution in [0.1, 0.15) is 57.9 Å². The Bertz CT molecular complexity index is 1140. The van der Waals surface area contributed by atoms with E-state index in [1.165, 1.54) is 19.3 Å². The zero-order chi connectivity index (χ0) is 26.4. The fourth-order valence-electron chi connectivity index (χ4n) is 5.85. The van der Waals surface area contributed by atoms with Crippen molar-refractivity contribution in [2.75, 3.05) is 26.2 Å². The molecule has 1 saturated carbocycles. The topological polar surface area (TPSA) is 134 Å². The number of piperidine rings is 1. The van der Waals surface area contributed by atoms with Gasteiger partial charge in [-0.3, -0.25) is 4.57 Å². The molecule has 3 fully saturated rings. The number of nitrogens with one attached hydrogen (secondary N) is 1. The standard InChI is InChI=1S/C23H33N3O3.C4H4O4/c1-17-23(11-5-2-6-12-23)28-16-19(29-17)15-25-13-9-18(10-14-25)26-21-8-4-3-7-20(21)24-22(26)27;5-3(6)1-2-4(7)8/h3-4,7-8,17-19H,2,5-6,9-16H2,1H3,(H,24,27);1-2H,(H,5,6)(H,7,8)/b;2-1+. The van der Waals surface area contributed by atoms with Crippen LogP contribution in [-0.2, 0) is 19.1 Å². The lowest BCUT2D eigenvalue weighted by Gasteiger charge is -2.48. The van der Waals surface area contributed by atoms with Crippen LogP contribution < -0.4 is 5.69 Å². The number of hydrogen-bond acceptors (Lipinski definition) is 6. The van der Waals surface area contributed by atoms with Crippen molar-refractivity contribution in [1.82, 2.24) is 14.5 Å². The van der Waals surface area contributed by atoms with Gasteiger partial charge in [0.15, 0.2) is 0 Å². The Morgan fingerprint density at radius 3 is 2.35 bits per heavy atom. The molecule has 1 aromatic carbocycles. The quantitative estimate of drug-likeness (QED) is 0.517. The number of ether oxygens (including phenoxy) is 2. The molecule has 1 spiro atoms. The summed E-state index contributed by atoms with van der Waals surface area (Å²) in [6.45, 7) is 5.83. The average Bonchev–Trinajstić information content (AvgIpc) is 3.22. The number of likely N-dealkylation sites (tertiary alicyclic amines) is 1. The monoisotopic (exact) mass is 515 g/mol. The predicted molar refractivity (Wildman–Crippen MR) is 138 cm³/mol. The lowest BCUT2D eigenvalue weighted by Crippen LogP contribution is -2.56. The number of aromatic amines is 1. The molecule has 3 aliphatic rings. The molecule has 10 heteroatoms. The third-order valence-corrected chi connectivity index (χ3v) is 7.77. The third kappa shape index (κ3) is 6.68. The van der Waals surface area contributed by atoms with E-state index in [0.717, 1.165) is 56.4 Å². The van der Waals surface area contributed by atoms with Crippen LogP contribution >= 0.6 is 0 Å². The third-order valence-electron chi connectivity index (χ3n) is 7.77. The number of carboxylic acids is 2. The van der Waals surface area contributed by atoms with Crippen LogP contribution in [0.15, 0.2) is 41.2 Å². The largest absolute Gasteiger partial charge is 0.478 e. The van der Waals surface area contributed by atoms with Gasteiger partial charge in [-0.25, -0.2) is 14.4 Å². The molecule has 2 aromatic rings. The number of carbonyl (C=O) groups is 2. The molecule has 1 aromatic heterocycles. The summed E-state index contributed by atoms with van der Waals surface area (Å²) in [4.78, 5) is 37.1. The summed E-state index contributed by atoms with van der Waals surface area (Å²) in [5, 5.41) is 15.6. The van der Waals surface area contributed by atoms with Gasteiger partial charge in [-0.2, -0.15) is 0 Å². The molecule has 5 rings (SSSR count). The van der Waals surface area contributed by atoms with Crippen LogP contribution in [0.4, 0.5) is 0 Å². The SMILES string of the molecule is CC1OC(CN2CCC(n3c(=O)[nH]c4ccccc43)CC2)COC12CCCCC2.O=C(O)/C=C/C(=O)O. The summed E-state index contributed by atoms with van der Waals surface area (Å²) in [6, 6.07) is 8.25. The minimum Gasteiger partial charge on any atom is -0.478 e. The molecule has 202 valence electrons. The number of imidazole rings is 1. The zero-order valence-electron chi connectivity index (χ0n) is 21.3. The second kappa shape index (κ2) is 12.1. The first-order chi connectivity index (χ1) is 17.8. The number of aromatic nitrogens is 2. The van der Waals surface area contributed by atoms with Crippen LogP contribution in [0.25, 0.3) is 11.0 Å². The molecule has 0 bridgehead atoms. The van der Waals surface area contributed by atoms with Crippen molar-refractivity contribution in [3.8, 4) is 0 Å². The van der Waals surface area contributed by atoms with Gasteiger partial charge in [-0.1, -0.05) is 31.4 Å². The molecule has 10 nitrogen and oxygen atoms in total. The highest BCUT2D eigenvalue weighted by molar-refractivity contribution is 5.89. The van der Waals surface area contributed by atoms with Gasteiger partial charge in [0.1, 0.15) is 0 Å². The summed E-state index contributed by atoms with van der Waals surface area (Å²) in [6.07, 6.45) is 9.59. The van der Waals surface area contributed by atoms with E-state index in [1.54, 1.807) is 0 Å². The number of aliphatic carboxylic acids is 2. The Balaban J connectivity index is 0.000000349. The molecule has 3 heterocycles. The molecule has 0 amide bonds. The highest BCUT2D eigenvalue weighted by Crippen LogP contribution is 2.39. The number of H-pyrrole nitrogens is 1. The summed E-state index contributed by atoms with van der Waals surface area (Å²) >= 11 is 0. The summed E-state index contributed by atoms with van der Waals surface area (Å²) in [7, 11) is 0. The van der Waals surface area contributed by atoms with Crippen molar-refractivity contribution in [1.29, 1.82) is 0 Å². The average molecular weight is 516 g/mol. The Labute approximate surface area is 215 Å². The number of nitrogens with zero attached hydrogens (tertiary/aromatic N) is 2. The molecule has 2 unspecified atom stereocenters. The molecular formula is C27H37N3O7. The van der Waals surface area contributed by atoms with Gasteiger partial charge < -0.3 is 29.6 Å². The van der Waals surface area contributed by atoms with Crippen molar-refractivity contribution in [2.24, 2.45) is 0 Å². The summed E-state index contributed by atoms with van der Waals surface area (Å²) < 4.78 is 14.8. The number of fused-ring (bicyclic) bond motifs is 1. The first kappa shape index (κ1) is 27.1. The Morgan fingerprint density at radius 1 is 1.08 bits per heavy atom. The Morgan fingerprint density at radius 2 is 1.73 bits per heavy atom. The lowest BCUT2D eigenvalue weighted by atomic mass is 9.80. The van der Waals surface area contributed by atoms with E-state index in [1.807, 2.05) is 28.8 Å². The molecule has 2 saturated heterocycles. The molecule has 3 N–H and O–H groups in total. The minimum atomic E-state index is -1.26. The van der Waals surface area contributed by atoms with Crippen LogP contribution in [-0.4, -0.2) is 80.7 Å². The smallest absolute Gasteiger partial charge is 0.328 e. The Kier molecular flexibility index (Phi) is 8.83. The summed E-state index contributed by atoms with van der Waals surface area (Å²) in [5.74, 6) is -2.51. The molecule has 0 radical (unpaired) electrons. The van der Waals surface area contributed by atoms with E-state index in [2.05, 4.69) is 16.8 Å². The van der Waals surface area contributed by atoms with Crippen molar-refractivity contribution in [3.05, 3.63) is 46.9 Å². The molecular weight excluding hydrogens is 478 g/mol.